The van der Waals surface area contributed by atoms with Crippen LogP contribution in [-0.2, 0) is 16.1 Å². The first kappa shape index (κ1) is 19.0. The number of nitrogens with two attached hydrogens (primary N) is 1. The maximum atomic E-state index is 12.3. The van der Waals surface area contributed by atoms with Crippen molar-refractivity contribution in [2.75, 3.05) is 10.6 Å². The molecule has 0 spiro atoms. The van der Waals surface area contributed by atoms with Gasteiger partial charge in [-0.15, -0.1) is 0 Å². The summed E-state index contributed by atoms with van der Waals surface area (Å²) in [7, 11) is 0. The Hall–Kier alpha value is -3.36. The molecule has 0 fully saturated rings. The molecule has 0 saturated heterocycles. The molecule has 1 heterocycles. The molecule has 2 aromatic rings. The van der Waals surface area contributed by atoms with Crippen LogP contribution < -0.4 is 16.4 Å². The molecule has 9 nitrogen and oxygen atoms in total. The van der Waals surface area contributed by atoms with Crippen LogP contribution >= 0.6 is 0 Å². The highest BCUT2D eigenvalue weighted by atomic mass is 16.6. The van der Waals surface area contributed by atoms with E-state index < -0.39 is 23.5 Å². The summed E-state index contributed by atoms with van der Waals surface area (Å²) in [6.07, 6.45) is 2.29. The molecule has 26 heavy (non-hydrogen) atoms. The van der Waals surface area contributed by atoms with Gasteiger partial charge in [-0.25, -0.2) is 4.79 Å². The number of primary amides is 1. The Morgan fingerprint density at radius 1 is 1.19 bits per heavy atom. The monoisotopic (exact) mass is 359 g/mol. The van der Waals surface area contributed by atoms with E-state index in [0.717, 1.165) is 0 Å². The van der Waals surface area contributed by atoms with Crippen LogP contribution in [0.2, 0.25) is 0 Å². The Labute approximate surface area is 150 Å². The average Bonchev–Trinajstić information content (AvgIpc) is 2.91. The van der Waals surface area contributed by atoms with E-state index in [1.165, 1.54) is 23.1 Å². The van der Waals surface area contributed by atoms with E-state index in [2.05, 4.69) is 15.7 Å². The first-order valence-electron chi connectivity index (χ1n) is 7.84. The van der Waals surface area contributed by atoms with Gasteiger partial charge in [0.15, 0.2) is 0 Å². The molecular formula is C17H21N5O4. The number of hydrogen-bond acceptors (Lipinski definition) is 5. The number of carbonyl (C=O) groups is 3. The van der Waals surface area contributed by atoms with Gasteiger partial charge >= 0.3 is 6.09 Å². The number of ether oxygens (including phenoxy) is 1. The zero-order chi connectivity index (χ0) is 19.3. The highest BCUT2D eigenvalue weighted by Crippen LogP contribution is 2.15. The van der Waals surface area contributed by atoms with Crippen LogP contribution in [0.3, 0.4) is 0 Å². The average molecular weight is 359 g/mol. The summed E-state index contributed by atoms with van der Waals surface area (Å²) in [5, 5.41) is 9.15. The largest absolute Gasteiger partial charge is 0.444 e. The van der Waals surface area contributed by atoms with Gasteiger partial charge in [-0.2, -0.15) is 5.10 Å². The number of anilines is 2. The summed E-state index contributed by atoms with van der Waals surface area (Å²) in [5.74, 6) is -0.927. The highest BCUT2D eigenvalue weighted by molar-refractivity contribution is 6.05. The molecule has 4 N–H and O–H groups in total. The molecule has 9 heteroatoms. The maximum Gasteiger partial charge on any atom is 0.412 e. The van der Waals surface area contributed by atoms with Crippen LogP contribution in [0, 0.1) is 0 Å². The second-order valence-corrected chi connectivity index (χ2v) is 6.55. The van der Waals surface area contributed by atoms with Gasteiger partial charge in [0.05, 0.1) is 11.9 Å². The third-order valence-electron chi connectivity index (χ3n) is 2.98. The second kappa shape index (κ2) is 7.68. The van der Waals surface area contributed by atoms with Crippen LogP contribution in [-0.4, -0.2) is 33.3 Å². The molecule has 0 aliphatic rings. The van der Waals surface area contributed by atoms with E-state index in [1.54, 1.807) is 39.0 Å². The SMILES string of the molecule is CC(C)(C)OC(=O)Nc1cccc(C(=O)Nc2cnn(CC(N)=O)c2)c1. The van der Waals surface area contributed by atoms with Gasteiger partial charge < -0.3 is 15.8 Å². The van der Waals surface area contributed by atoms with Gasteiger partial charge in [-0.3, -0.25) is 19.6 Å². The van der Waals surface area contributed by atoms with Gasteiger partial charge in [0, 0.05) is 17.4 Å². The number of hydrogen-bond donors (Lipinski definition) is 3. The highest BCUT2D eigenvalue weighted by Gasteiger charge is 2.16. The fraction of sp³-hybridized carbons (Fsp3) is 0.294. The normalized spacial score (nSPS) is 10.9. The van der Waals surface area contributed by atoms with Crippen LogP contribution in [0.25, 0.3) is 0 Å². The summed E-state index contributed by atoms with van der Waals surface area (Å²) < 4.78 is 6.49. The first-order chi connectivity index (χ1) is 12.1. The topological polar surface area (TPSA) is 128 Å². The van der Waals surface area contributed by atoms with E-state index >= 15 is 0 Å². The first-order valence-corrected chi connectivity index (χ1v) is 7.84. The number of rotatable bonds is 5. The number of nitrogens with one attached hydrogen (secondary N) is 2. The molecule has 1 aromatic heterocycles. The van der Waals surface area contributed by atoms with Gasteiger partial charge in [0.25, 0.3) is 5.91 Å². The molecule has 138 valence electrons. The molecule has 1 aromatic carbocycles. The Morgan fingerprint density at radius 3 is 2.58 bits per heavy atom. The van der Waals surface area contributed by atoms with Gasteiger partial charge in [0.2, 0.25) is 5.91 Å². The summed E-state index contributed by atoms with van der Waals surface area (Å²) in [5.41, 5.74) is 5.65. The smallest absolute Gasteiger partial charge is 0.412 e. The van der Waals surface area contributed by atoms with Gasteiger partial charge in [-0.1, -0.05) is 6.07 Å². The number of amides is 3. The number of aromatic nitrogens is 2. The summed E-state index contributed by atoms with van der Waals surface area (Å²) in [4.78, 5) is 35.0. The molecule has 0 unspecified atom stereocenters. The minimum absolute atomic E-state index is 0.0782. The van der Waals surface area contributed by atoms with Crippen molar-refractivity contribution >= 4 is 29.3 Å². The van der Waals surface area contributed by atoms with Crippen molar-refractivity contribution in [1.82, 2.24) is 9.78 Å². The zero-order valence-corrected chi connectivity index (χ0v) is 14.8. The lowest BCUT2D eigenvalue weighted by molar-refractivity contribution is -0.118. The lowest BCUT2D eigenvalue weighted by Crippen LogP contribution is -2.27. The Kier molecular flexibility index (Phi) is 5.61. The van der Waals surface area contributed by atoms with E-state index in [1.807, 2.05) is 0 Å². The van der Waals surface area contributed by atoms with Gasteiger partial charge in [0.1, 0.15) is 12.1 Å². The molecule has 2 rings (SSSR count). The molecule has 0 saturated carbocycles. The van der Waals surface area contributed by atoms with Crippen molar-refractivity contribution in [3.05, 3.63) is 42.2 Å². The molecule has 0 atom stereocenters. The molecule has 0 aliphatic carbocycles. The van der Waals surface area contributed by atoms with Gasteiger partial charge in [-0.05, 0) is 39.0 Å². The summed E-state index contributed by atoms with van der Waals surface area (Å²) in [6.45, 7) is 5.20. The molecular weight excluding hydrogens is 338 g/mol. The van der Waals surface area contributed by atoms with Crippen LogP contribution in [0.5, 0.6) is 0 Å². The van der Waals surface area contributed by atoms with Crippen molar-refractivity contribution in [1.29, 1.82) is 0 Å². The van der Waals surface area contributed by atoms with Crippen molar-refractivity contribution in [3.8, 4) is 0 Å². The van der Waals surface area contributed by atoms with Crippen LogP contribution in [0.1, 0.15) is 31.1 Å². The third kappa shape index (κ3) is 5.93. The van der Waals surface area contributed by atoms with Crippen molar-refractivity contribution in [2.45, 2.75) is 32.9 Å². The molecule has 0 bridgehead atoms. The zero-order valence-electron chi connectivity index (χ0n) is 14.8. The minimum atomic E-state index is -0.621. The molecule has 3 amide bonds. The quantitative estimate of drug-likeness (QED) is 0.752. The number of carbonyl (C=O) groups excluding carboxylic acids is 3. The fourth-order valence-corrected chi connectivity index (χ4v) is 2.04. The van der Waals surface area contributed by atoms with E-state index in [-0.39, 0.29) is 6.54 Å². The lowest BCUT2D eigenvalue weighted by Gasteiger charge is -2.19. The summed E-state index contributed by atoms with van der Waals surface area (Å²) >= 11 is 0. The van der Waals surface area contributed by atoms with E-state index in [4.69, 9.17) is 10.5 Å². The summed E-state index contributed by atoms with van der Waals surface area (Å²) in [6, 6.07) is 6.40. The predicted molar refractivity (Wildman–Crippen MR) is 95.7 cm³/mol. The third-order valence-corrected chi connectivity index (χ3v) is 2.98. The van der Waals surface area contributed by atoms with Crippen molar-refractivity contribution < 1.29 is 19.1 Å². The fourth-order valence-electron chi connectivity index (χ4n) is 2.04. The standard InChI is InChI=1S/C17H21N5O4/c1-17(2,3)26-16(25)21-12-6-4-5-11(7-12)15(24)20-13-8-19-22(9-13)10-14(18)23/h4-9H,10H2,1-3H3,(H2,18,23)(H,20,24)(H,21,25). The lowest BCUT2D eigenvalue weighted by atomic mass is 10.2. The Balaban J connectivity index is 2.02. The number of nitrogens with zero attached hydrogens (tertiary/aromatic N) is 2. The molecule has 0 aliphatic heterocycles. The number of benzene rings is 1. The maximum absolute atomic E-state index is 12.3. The van der Waals surface area contributed by atoms with Crippen LogP contribution in [0.4, 0.5) is 16.2 Å². The van der Waals surface area contributed by atoms with Crippen molar-refractivity contribution in [3.63, 3.8) is 0 Å². The minimum Gasteiger partial charge on any atom is -0.444 e. The molecule has 0 radical (unpaired) electrons. The van der Waals surface area contributed by atoms with E-state index in [0.29, 0.717) is 16.9 Å². The van der Waals surface area contributed by atoms with Crippen molar-refractivity contribution in [2.24, 2.45) is 5.73 Å². The second-order valence-electron chi connectivity index (χ2n) is 6.55. The Bertz CT molecular complexity index is 823. The Morgan fingerprint density at radius 2 is 1.92 bits per heavy atom. The predicted octanol–water partition coefficient (Wildman–Crippen LogP) is 1.97. The van der Waals surface area contributed by atoms with E-state index in [9.17, 15) is 14.4 Å². The van der Waals surface area contributed by atoms with Crippen LogP contribution in [0.15, 0.2) is 36.7 Å².